The highest BCUT2D eigenvalue weighted by Crippen LogP contribution is 2.26. The smallest absolute Gasteiger partial charge is 0.190 e. The molecule has 0 spiro atoms. The van der Waals surface area contributed by atoms with Gasteiger partial charge in [-0.1, -0.05) is 48.0 Å². The minimum atomic E-state index is -0.247. The third-order valence-corrected chi connectivity index (χ3v) is 5.85. The molecule has 4 rings (SSSR count). The van der Waals surface area contributed by atoms with E-state index in [-0.39, 0.29) is 22.8 Å². The van der Waals surface area contributed by atoms with Gasteiger partial charge in [-0.3, -0.25) is 0 Å². The van der Waals surface area contributed by atoms with Crippen molar-refractivity contribution in [3.8, 4) is 11.3 Å². The number of nitrogens with zero attached hydrogens (tertiary/aromatic N) is 2. The molecule has 0 aliphatic rings. The summed E-state index contributed by atoms with van der Waals surface area (Å²) in [6, 6.07) is 23.4. The van der Waals surface area contributed by atoms with Gasteiger partial charge in [-0.25, -0.2) is 9.38 Å². The van der Waals surface area contributed by atoms with Crippen LogP contribution in [0, 0.1) is 19.7 Å². The molecule has 0 aliphatic carbocycles. The molecule has 0 atom stereocenters. The van der Waals surface area contributed by atoms with Crippen LogP contribution in [0.5, 0.6) is 0 Å². The van der Waals surface area contributed by atoms with Crippen molar-refractivity contribution in [3.05, 3.63) is 105 Å². The highest BCUT2D eigenvalue weighted by Gasteiger charge is 2.11. The summed E-state index contributed by atoms with van der Waals surface area (Å²) >= 11 is 1.62. The van der Waals surface area contributed by atoms with Crippen LogP contribution in [0.2, 0.25) is 0 Å². The molecule has 0 fully saturated rings. The Hall–Kier alpha value is -2.50. The Morgan fingerprint density at radius 2 is 1.67 bits per heavy atom. The summed E-state index contributed by atoms with van der Waals surface area (Å²) in [7, 11) is 0. The Balaban J connectivity index is 0.00000256. The zero-order valence-corrected chi connectivity index (χ0v) is 19.5. The van der Waals surface area contributed by atoms with Gasteiger partial charge in [-0.2, -0.15) is 0 Å². The van der Waals surface area contributed by atoms with Crippen LogP contribution in [0.25, 0.3) is 11.3 Å². The SMILES string of the molecule is Br.Cc1ccc(C)c(-c2csc(=Nc3ccc(F)cc3)n2CCc2ccccc2)c1. The lowest BCUT2D eigenvalue weighted by Gasteiger charge is -2.12. The average Bonchev–Trinajstić information content (AvgIpc) is 3.13. The molecule has 2 nitrogen and oxygen atoms in total. The predicted molar refractivity (Wildman–Crippen MR) is 129 cm³/mol. The van der Waals surface area contributed by atoms with E-state index in [0.717, 1.165) is 23.5 Å². The van der Waals surface area contributed by atoms with Crippen molar-refractivity contribution in [2.75, 3.05) is 0 Å². The molecular formula is C25H24BrFN2S. The highest BCUT2D eigenvalue weighted by molar-refractivity contribution is 8.93. The Labute approximate surface area is 191 Å². The number of aromatic nitrogens is 1. The molecular weight excluding hydrogens is 459 g/mol. The number of thiazole rings is 1. The summed E-state index contributed by atoms with van der Waals surface area (Å²) in [5.74, 6) is -0.247. The maximum absolute atomic E-state index is 13.3. The molecule has 4 aromatic rings. The first-order valence-corrected chi connectivity index (χ1v) is 10.6. The van der Waals surface area contributed by atoms with Gasteiger partial charge in [0.05, 0.1) is 11.4 Å². The van der Waals surface area contributed by atoms with Gasteiger partial charge in [0, 0.05) is 17.5 Å². The van der Waals surface area contributed by atoms with E-state index >= 15 is 0 Å². The minimum Gasteiger partial charge on any atom is -0.316 e. The molecule has 30 heavy (non-hydrogen) atoms. The minimum absolute atomic E-state index is 0. The van der Waals surface area contributed by atoms with Gasteiger partial charge in [0.25, 0.3) is 0 Å². The first kappa shape index (κ1) is 22.2. The van der Waals surface area contributed by atoms with Gasteiger partial charge < -0.3 is 4.57 Å². The normalized spacial score (nSPS) is 11.4. The Morgan fingerprint density at radius 1 is 0.933 bits per heavy atom. The maximum atomic E-state index is 13.3. The van der Waals surface area contributed by atoms with E-state index in [2.05, 4.69) is 66.3 Å². The molecule has 0 saturated carbocycles. The second-order valence-electron chi connectivity index (χ2n) is 7.20. The number of halogens is 2. The summed E-state index contributed by atoms with van der Waals surface area (Å²) in [6.45, 7) is 5.09. The Kier molecular flexibility index (Phi) is 7.40. The quantitative estimate of drug-likeness (QED) is 0.290. The van der Waals surface area contributed by atoms with Gasteiger partial charge in [0.1, 0.15) is 5.82 Å². The van der Waals surface area contributed by atoms with Crippen LogP contribution in [0.4, 0.5) is 10.1 Å². The average molecular weight is 483 g/mol. The molecule has 0 radical (unpaired) electrons. The van der Waals surface area contributed by atoms with E-state index < -0.39 is 0 Å². The van der Waals surface area contributed by atoms with Gasteiger partial charge >= 0.3 is 0 Å². The first-order valence-electron chi connectivity index (χ1n) is 9.70. The second kappa shape index (κ2) is 10.0. The first-order chi connectivity index (χ1) is 14.1. The van der Waals surface area contributed by atoms with Gasteiger partial charge in [0.2, 0.25) is 0 Å². The fraction of sp³-hybridized carbons (Fsp3) is 0.160. The number of hydrogen-bond acceptors (Lipinski definition) is 2. The molecule has 0 unspecified atom stereocenters. The van der Waals surface area contributed by atoms with Crippen molar-refractivity contribution in [2.24, 2.45) is 4.99 Å². The van der Waals surface area contributed by atoms with Crippen LogP contribution in [0.3, 0.4) is 0 Å². The Bertz CT molecular complexity index is 1180. The van der Waals surface area contributed by atoms with Crippen molar-refractivity contribution < 1.29 is 4.39 Å². The lowest BCUT2D eigenvalue weighted by atomic mass is 10.0. The zero-order valence-electron chi connectivity index (χ0n) is 17.0. The Morgan fingerprint density at radius 3 is 2.40 bits per heavy atom. The molecule has 0 N–H and O–H groups in total. The van der Waals surface area contributed by atoms with E-state index in [1.165, 1.54) is 40.1 Å². The topological polar surface area (TPSA) is 17.3 Å². The molecule has 0 bridgehead atoms. The van der Waals surface area contributed by atoms with Gasteiger partial charge in [-0.15, -0.1) is 28.3 Å². The summed E-state index contributed by atoms with van der Waals surface area (Å²) in [6.07, 6.45) is 0.923. The van der Waals surface area contributed by atoms with Crippen LogP contribution >= 0.6 is 28.3 Å². The van der Waals surface area contributed by atoms with Crippen LogP contribution in [0.1, 0.15) is 16.7 Å². The van der Waals surface area contributed by atoms with Crippen LogP contribution in [-0.2, 0) is 13.0 Å². The third kappa shape index (κ3) is 5.15. The fourth-order valence-corrected chi connectivity index (χ4v) is 4.32. The predicted octanol–water partition coefficient (Wildman–Crippen LogP) is 7.03. The number of rotatable bonds is 5. The lowest BCUT2D eigenvalue weighted by molar-refractivity contribution is 0.628. The van der Waals surface area contributed by atoms with Crippen molar-refractivity contribution in [1.29, 1.82) is 0 Å². The monoisotopic (exact) mass is 482 g/mol. The van der Waals surface area contributed by atoms with E-state index in [0.29, 0.717) is 0 Å². The van der Waals surface area contributed by atoms with Crippen molar-refractivity contribution in [2.45, 2.75) is 26.8 Å². The second-order valence-corrected chi connectivity index (χ2v) is 8.03. The summed E-state index contributed by atoms with van der Waals surface area (Å²) in [5.41, 5.74) is 6.95. The van der Waals surface area contributed by atoms with Gasteiger partial charge in [-0.05, 0) is 61.7 Å². The zero-order chi connectivity index (χ0) is 20.2. The molecule has 0 aliphatic heterocycles. The highest BCUT2D eigenvalue weighted by atomic mass is 79.9. The van der Waals surface area contributed by atoms with Gasteiger partial charge in [0.15, 0.2) is 4.80 Å². The van der Waals surface area contributed by atoms with Crippen LogP contribution in [0.15, 0.2) is 83.2 Å². The summed E-state index contributed by atoms with van der Waals surface area (Å²) < 4.78 is 15.6. The molecule has 1 heterocycles. The van der Waals surface area contributed by atoms with Crippen LogP contribution in [-0.4, -0.2) is 4.57 Å². The van der Waals surface area contributed by atoms with Crippen LogP contribution < -0.4 is 4.80 Å². The lowest BCUT2D eigenvalue weighted by Crippen LogP contribution is -2.17. The van der Waals surface area contributed by atoms with E-state index in [1.54, 1.807) is 23.5 Å². The van der Waals surface area contributed by atoms with Crippen molar-refractivity contribution in [1.82, 2.24) is 4.57 Å². The largest absolute Gasteiger partial charge is 0.316 e. The number of hydrogen-bond donors (Lipinski definition) is 0. The molecule has 0 saturated heterocycles. The molecule has 1 aromatic heterocycles. The fourth-order valence-electron chi connectivity index (χ4n) is 3.37. The van der Waals surface area contributed by atoms with Crippen molar-refractivity contribution >= 4 is 34.0 Å². The standard InChI is InChI=1S/C25H23FN2S.BrH/c1-18-8-9-19(2)23(16-18)24-17-29-25(27-22-12-10-21(26)11-13-22)28(24)15-14-20-6-4-3-5-7-20;/h3-13,16-17H,14-15H2,1-2H3;1H. The molecule has 3 aromatic carbocycles. The van der Waals surface area contributed by atoms with E-state index in [4.69, 9.17) is 4.99 Å². The molecule has 5 heteroatoms. The summed E-state index contributed by atoms with van der Waals surface area (Å²) in [5, 5.41) is 2.18. The maximum Gasteiger partial charge on any atom is 0.190 e. The summed E-state index contributed by atoms with van der Waals surface area (Å²) in [4.78, 5) is 5.73. The molecule has 0 amide bonds. The van der Waals surface area contributed by atoms with E-state index in [9.17, 15) is 4.39 Å². The number of benzene rings is 3. The number of aryl methyl sites for hydroxylation is 3. The molecule has 154 valence electrons. The van der Waals surface area contributed by atoms with E-state index in [1.807, 2.05) is 6.07 Å². The third-order valence-electron chi connectivity index (χ3n) is 4.98. The van der Waals surface area contributed by atoms with Crippen molar-refractivity contribution in [3.63, 3.8) is 0 Å².